The summed E-state index contributed by atoms with van der Waals surface area (Å²) < 4.78 is 6.64. The summed E-state index contributed by atoms with van der Waals surface area (Å²) in [6.07, 6.45) is 0. The molecule has 0 unspecified atom stereocenters. The van der Waals surface area contributed by atoms with E-state index in [0.29, 0.717) is 6.61 Å². The van der Waals surface area contributed by atoms with Crippen LogP contribution >= 0.6 is 11.3 Å². The van der Waals surface area contributed by atoms with Crippen LogP contribution in [-0.2, 0) is 0 Å². The van der Waals surface area contributed by atoms with Crippen molar-refractivity contribution in [3.8, 4) is 16.3 Å². The van der Waals surface area contributed by atoms with Gasteiger partial charge in [0.1, 0.15) is 10.8 Å². The number of rotatable bonds is 3. The summed E-state index contributed by atoms with van der Waals surface area (Å²) in [4.78, 5) is 4.63. The van der Waals surface area contributed by atoms with Crippen LogP contribution in [0.5, 0.6) is 5.75 Å². The third-order valence-corrected chi connectivity index (χ3v) is 3.87. The molecule has 0 spiro atoms. The zero-order chi connectivity index (χ0) is 13.2. The molecule has 96 valence electrons. The van der Waals surface area contributed by atoms with Crippen molar-refractivity contribution in [2.24, 2.45) is 0 Å². The minimum Gasteiger partial charge on any atom is -0.494 e. The Labute approximate surface area is 115 Å². The first-order chi connectivity index (χ1) is 9.26. The fourth-order valence-corrected chi connectivity index (χ4v) is 2.95. The van der Waals surface area contributed by atoms with Crippen molar-refractivity contribution < 1.29 is 4.74 Å². The van der Waals surface area contributed by atoms with Gasteiger partial charge < -0.3 is 10.5 Å². The second-order valence-electron chi connectivity index (χ2n) is 4.21. The van der Waals surface area contributed by atoms with Crippen molar-refractivity contribution in [2.45, 2.75) is 6.92 Å². The quantitative estimate of drug-likeness (QED) is 0.733. The van der Waals surface area contributed by atoms with Gasteiger partial charge in [-0.3, -0.25) is 0 Å². The predicted octanol–water partition coefficient (Wildman–Crippen LogP) is 3.94. The Morgan fingerprint density at radius 1 is 1.21 bits per heavy atom. The molecule has 2 aromatic carbocycles. The number of nitrogens with two attached hydrogens (primary N) is 1. The van der Waals surface area contributed by atoms with E-state index in [1.54, 1.807) is 11.3 Å². The fraction of sp³-hybridized carbons (Fsp3) is 0.133. The predicted molar refractivity (Wildman–Crippen MR) is 80.6 cm³/mol. The van der Waals surface area contributed by atoms with E-state index < -0.39 is 0 Å². The van der Waals surface area contributed by atoms with E-state index in [4.69, 9.17) is 10.5 Å². The first-order valence-corrected chi connectivity index (χ1v) is 6.97. The molecule has 0 amide bonds. The minimum atomic E-state index is 0.673. The van der Waals surface area contributed by atoms with Gasteiger partial charge in [-0.25, -0.2) is 4.98 Å². The maximum absolute atomic E-state index is 5.81. The maximum atomic E-state index is 5.81. The standard InChI is InChI=1S/C15H14N2OS/c1-2-18-12-6-7-13-14(9-12)19-15(17-13)10-4-3-5-11(16)8-10/h3-9H,2,16H2,1H3. The molecular weight excluding hydrogens is 256 g/mol. The Morgan fingerprint density at radius 2 is 2.11 bits per heavy atom. The second-order valence-corrected chi connectivity index (χ2v) is 5.24. The van der Waals surface area contributed by atoms with Crippen LogP contribution in [-0.4, -0.2) is 11.6 Å². The van der Waals surface area contributed by atoms with Crippen LogP contribution in [0, 0.1) is 0 Å². The molecule has 0 atom stereocenters. The third kappa shape index (κ3) is 2.39. The molecule has 0 aliphatic carbocycles. The molecule has 19 heavy (non-hydrogen) atoms. The van der Waals surface area contributed by atoms with E-state index in [9.17, 15) is 0 Å². The molecule has 0 aliphatic heterocycles. The molecule has 0 bridgehead atoms. The number of thiazole rings is 1. The topological polar surface area (TPSA) is 48.1 Å². The molecule has 3 nitrogen and oxygen atoms in total. The molecule has 0 radical (unpaired) electrons. The summed E-state index contributed by atoms with van der Waals surface area (Å²) in [6, 6.07) is 13.8. The molecule has 1 heterocycles. The SMILES string of the molecule is CCOc1ccc2nc(-c3cccc(N)c3)sc2c1. The van der Waals surface area contributed by atoms with Crippen molar-refractivity contribution in [1.82, 2.24) is 4.98 Å². The first-order valence-electron chi connectivity index (χ1n) is 6.15. The largest absolute Gasteiger partial charge is 0.494 e. The molecule has 0 aliphatic rings. The Balaban J connectivity index is 2.06. The van der Waals surface area contributed by atoms with Crippen molar-refractivity contribution in [2.75, 3.05) is 12.3 Å². The zero-order valence-electron chi connectivity index (χ0n) is 10.6. The molecule has 3 rings (SSSR count). The van der Waals surface area contributed by atoms with Gasteiger partial charge in [-0.1, -0.05) is 12.1 Å². The molecular formula is C15H14N2OS. The lowest BCUT2D eigenvalue weighted by molar-refractivity contribution is 0.341. The van der Waals surface area contributed by atoms with Gasteiger partial charge in [0, 0.05) is 11.3 Å². The number of hydrogen-bond acceptors (Lipinski definition) is 4. The Kier molecular flexibility index (Phi) is 3.09. The summed E-state index contributed by atoms with van der Waals surface area (Å²) >= 11 is 1.65. The number of nitrogen functional groups attached to an aromatic ring is 1. The van der Waals surface area contributed by atoms with Gasteiger partial charge in [0.05, 0.1) is 16.8 Å². The van der Waals surface area contributed by atoms with Crippen molar-refractivity contribution in [3.05, 3.63) is 42.5 Å². The van der Waals surface area contributed by atoms with Crippen molar-refractivity contribution in [3.63, 3.8) is 0 Å². The minimum absolute atomic E-state index is 0.673. The number of hydrogen-bond donors (Lipinski definition) is 1. The summed E-state index contributed by atoms with van der Waals surface area (Å²) in [6.45, 7) is 2.65. The fourth-order valence-electron chi connectivity index (χ4n) is 1.96. The van der Waals surface area contributed by atoms with Crippen molar-refractivity contribution in [1.29, 1.82) is 0 Å². The highest BCUT2D eigenvalue weighted by Crippen LogP contribution is 2.32. The van der Waals surface area contributed by atoms with Crippen LogP contribution in [0.4, 0.5) is 5.69 Å². The van der Waals surface area contributed by atoms with Crippen LogP contribution in [0.1, 0.15) is 6.92 Å². The van der Waals surface area contributed by atoms with Gasteiger partial charge in [-0.2, -0.15) is 0 Å². The van der Waals surface area contributed by atoms with Gasteiger partial charge >= 0.3 is 0 Å². The number of nitrogens with zero attached hydrogens (tertiary/aromatic N) is 1. The van der Waals surface area contributed by atoms with Gasteiger partial charge in [0.15, 0.2) is 0 Å². The Hall–Kier alpha value is -2.07. The van der Waals surface area contributed by atoms with Crippen LogP contribution in [0.2, 0.25) is 0 Å². The molecule has 4 heteroatoms. The Morgan fingerprint density at radius 3 is 2.89 bits per heavy atom. The number of fused-ring (bicyclic) bond motifs is 1. The molecule has 2 N–H and O–H groups in total. The van der Waals surface area contributed by atoms with E-state index in [0.717, 1.165) is 32.2 Å². The van der Waals surface area contributed by atoms with Crippen LogP contribution < -0.4 is 10.5 Å². The van der Waals surface area contributed by atoms with E-state index in [-0.39, 0.29) is 0 Å². The first kappa shape index (κ1) is 12.0. The maximum Gasteiger partial charge on any atom is 0.124 e. The summed E-state index contributed by atoms with van der Waals surface area (Å²) in [5, 5.41) is 0.982. The lowest BCUT2D eigenvalue weighted by atomic mass is 10.2. The number of aromatic nitrogens is 1. The highest BCUT2D eigenvalue weighted by atomic mass is 32.1. The van der Waals surface area contributed by atoms with E-state index >= 15 is 0 Å². The van der Waals surface area contributed by atoms with Gasteiger partial charge in [-0.05, 0) is 37.3 Å². The average Bonchev–Trinajstić information content (AvgIpc) is 2.82. The van der Waals surface area contributed by atoms with Gasteiger partial charge in [0.25, 0.3) is 0 Å². The van der Waals surface area contributed by atoms with Gasteiger partial charge in [0.2, 0.25) is 0 Å². The van der Waals surface area contributed by atoms with Crippen LogP contribution in [0.25, 0.3) is 20.8 Å². The number of ether oxygens (including phenoxy) is 1. The van der Waals surface area contributed by atoms with Crippen LogP contribution in [0.3, 0.4) is 0 Å². The molecule has 0 fully saturated rings. The average molecular weight is 270 g/mol. The summed E-state index contributed by atoms with van der Waals surface area (Å²) in [7, 11) is 0. The summed E-state index contributed by atoms with van der Waals surface area (Å²) in [5.74, 6) is 0.887. The normalized spacial score (nSPS) is 10.8. The smallest absolute Gasteiger partial charge is 0.124 e. The van der Waals surface area contributed by atoms with Crippen molar-refractivity contribution >= 4 is 27.2 Å². The number of benzene rings is 2. The van der Waals surface area contributed by atoms with E-state index in [1.807, 2.05) is 49.4 Å². The zero-order valence-corrected chi connectivity index (χ0v) is 11.4. The van der Waals surface area contributed by atoms with Crippen LogP contribution in [0.15, 0.2) is 42.5 Å². The van der Waals surface area contributed by atoms with E-state index in [1.165, 1.54) is 0 Å². The number of anilines is 1. The lowest BCUT2D eigenvalue weighted by Gasteiger charge is -2.00. The molecule has 3 aromatic rings. The highest BCUT2D eigenvalue weighted by Gasteiger charge is 2.07. The molecule has 0 saturated heterocycles. The third-order valence-electron chi connectivity index (χ3n) is 2.80. The van der Waals surface area contributed by atoms with Gasteiger partial charge in [-0.15, -0.1) is 11.3 Å². The summed E-state index contributed by atoms with van der Waals surface area (Å²) in [5.41, 5.74) is 8.61. The molecule has 0 saturated carbocycles. The monoisotopic (exact) mass is 270 g/mol. The second kappa shape index (κ2) is 4.90. The van der Waals surface area contributed by atoms with E-state index in [2.05, 4.69) is 4.98 Å². The molecule has 1 aromatic heterocycles. The highest BCUT2D eigenvalue weighted by molar-refractivity contribution is 7.21. The lowest BCUT2D eigenvalue weighted by Crippen LogP contribution is -1.89. The Bertz CT molecular complexity index is 721.